The van der Waals surface area contributed by atoms with E-state index in [1.165, 1.54) is 0 Å². The number of rotatable bonds is 7. The number of hydrogen-bond acceptors (Lipinski definition) is 4. The maximum atomic E-state index is 13.0. The predicted octanol–water partition coefficient (Wildman–Crippen LogP) is 8.29. The Balaban J connectivity index is 1.68. The number of halogens is 3. The van der Waals surface area contributed by atoms with Gasteiger partial charge in [0.1, 0.15) is 17.3 Å². The van der Waals surface area contributed by atoms with Crippen LogP contribution in [0.1, 0.15) is 43.9 Å². The van der Waals surface area contributed by atoms with Gasteiger partial charge in [-0.3, -0.25) is 0 Å². The molecule has 0 saturated carbocycles. The van der Waals surface area contributed by atoms with Gasteiger partial charge in [-0.1, -0.05) is 83.3 Å². The van der Waals surface area contributed by atoms with Crippen LogP contribution >= 0.6 is 34.8 Å². The summed E-state index contributed by atoms with van der Waals surface area (Å²) in [6.07, 6.45) is -0.385. The highest BCUT2D eigenvalue weighted by Gasteiger charge is 2.48. The van der Waals surface area contributed by atoms with Gasteiger partial charge < -0.3 is 19.1 Å². The van der Waals surface area contributed by atoms with E-state index in [-0.39, 0.29) is 19.2 Å². The molecule has 0 aliphatic carbocycles. The number of likely N-dealkylation sites (tertiary alicyclic amines) is 1. The van der Waals surface area contributed by atoms with Gasteiger partial charge >= 0.3 is 6.09 Å². The fraction of sp³-hybridized carbons (Fsp3) is 0.367. The predicted molar refractivity (Wildman–Crippen MR) is 152 cm³/mol. The summed E-state index contributed by atoms with van der Waals surface area (Å²) >= 11 is 18.6. The zero-order chi connectivity index (χ0) is 27.3. The number of piperidine rings is 1. The van der Waals surface area contributed by atoms with Crippen molar-refractivity contribution in [3.63, 3.8) is 0 Å². The second kappa shape index (κ2) is 12.3. The molecule has 0 bridgehead atoms. The van der Waals surface area contributed by atoms with Crippen molar-refractivity contribution in [3.8, 4) is 0 Å². The van der Waals surface area contributed by atoms with Gasteiger partial charge in [-0.25, -0.2) is 4.79 Å². The Labute approximate surface area is 239 Å². The van der Waals surface area contributed by atoms with E-state index < -0.39 is 17.3 Å². The van der Waals surface area contributed by atoms with Crippen LogP contribution in [0, 0.1) is 0 Å². The van der Waals surface area contributed by atoms with Crippen molar-refractivity contribution in [1.82, 2.24) is 4.90 Å². The topological polar surface area (TPSA) is 48.0 Å². The molecule has 2 atom stereocenters. The summed E-state index contributed by atoms with van der Waals surface area (Å²) in [5.41, 5.74) is 1.39. The first kappa shape index (κ1) is 28.7. The normalized spacial score (nSPS) is 19.8. The minimum atomic E-state index is -0.838. The summed E-state index contributed by atoms with van der Waals surface area (Å²) in [6, 6.07) is 23.0. The molecule has 1 fully saturated rings. The molecule has 5 nitrogen and oxygen atoms in total. The summed E-state index contributed by atoms with van der Waals surface area (Å²) in [5.74, 6) is 0. The Morgan fingerprint density at radius 1 is 0.921 bits per heavy atom. The lowest BCUT2D eigenvalue weighted by Crippen LogP contribution is -2.57. The number of amides is 1. The molecular weight excluding hydrogens is 545 g/mol. The van der Waals surface area contributed by atoms with Crippen LogP contribution in [-0.4, -0.2) is 35.8 Å². The first-order valence-corrected chi connectivity index (χ1v) is 13.7. The molecule has 0 spiro atoms. The van der Waals surface area contributed by atoms with Crippen molar-refractivity contribution >= 4 is 40.9 Å². The molecule has 1 amide bonds. The maximum Gasteiger partial charge on any atom is 0.410 e. The third kappa shape index (κ3) is 7.22. The van der Waals surface area contributed by atoms with E-state index in [2.05, 4.69) is 0 Å². The number of carbonyl (C=O) groups is 1. The van der Waals surface area contributed by atoms with Crippen LogP contribution in [0.4, 0.5) is 4.79 Å². The lowest BCUT2D eigenvalue weighted by molar-refractivity contribution is -0.191. The van der Waals surface area contributed by atoms with E-state index in [0.717, 1.165) is 16.7 Å². The Kier molecular flexibility index (Phi) is 9.27. The molecule has 8 heteroatoms. The van der Waals surface area contributed by atoms with Crippen LogP contribution in [0.3, 0.4) is 0 Å². The van der Waals surface area contributed by atoms with Crippen LogP contribution in [0.15, 0.2) is 72.8 Å². The van der Waals surface area contributed by atoms with E-state index in [9.17, 15) is 4.79 Å². The second-order valence-electron chi connectivity index (χ2n) is 10.4. The van der Waals surface area contributed by atoms with Crippen molar-refractivity contribution in [3.05, 3.63) is 105 Å². The van der Waals surface area contributed by atoms with Crippen molar-refractivity contribution in [2.45, 2.75) is 57.7 Å². The standard InChI is InChI=1S/C30H32Cl3NO4/c1-29(2,3)38-28(35)34-16-15-30(23-10-12-24(31)13-11-23,37-20-21-7-5-4-6-8-21)27(18-34)36-19-22-9-14-25(32)26(33)17-22/h4-14,17,27H,15-16,18-20H2,1-3H3/t27?,30-/m0/s1. The molecule has 0 radical (unpaired) electrons. The summed E-state index contributed by atoms with van der Waals surface area (Å²) in [6.45, 7) is 6.93. The van der Waals surface area contributed by atoms with Gasteiger partial charge in [-0.2, -0.15) is 0 Å². The van der Waals surface area contributed by atoms with Crippen LogP contribution in [0.25, 0.3) is 0 Å². The van der Waals surface area contributed by atoms with E-state index in [0.29, 0.717) is 34.6 Å². The highest BCUT2D eigenvalue weighted by molar-refractivity contribution is 6.42. The summed E-state index contributed by atoms with van der Waals surface area (Å²) < 4.78 is 19.0. The van der Waals surface area contributed by atoms with E-state index >= 15 is 0 Å². The number of benzene rings is 3. The zero-order valence-electron chi connectivity index (χ0n) is 21.8. The van der Waals surface area contributed by atoms with Crippen molar-refractivity contribution in [2.75, 3.05) is 13.1 Å². The average Bonchev–Trinajstić information content (AvgIpc) is 2.88. The summed E-state index contributed by atoms with van der Waals surface area (Å²) in [4.78, 5) is 14.7. The highest BCUT2D eigenvalue weighted by Crippen LogP contribution is 2.41. The van der Waals surface area contributed by atoms with Gasteiger partial charge in [-0.15, -0.1) is 0 Å². The van der Waals surface area contributed by atoms with E-state index in [1.54, 1.807) is 17.0 Å². The number of ether oxygens (including phenoxy) is 3. The number of carbonyl (C=O) groups excluding carboxylic acids is 1. The molecule has 0 N–H and O–H groups in total. The highest BCUT2D eigenvalue weighted by atomic mass is 35.5. The number of nitrogens with zero attached hydrogens (tertiary/aromatic N) is 1. The molecular formula is C30H32Cl3NO4. The Hall–Kier alpha value is -2.28. The van der Waals surface area contributed by atoms with Crippen molar-refractivity contribution in [1.29, 1.82) is 0 Å². The van der Waals surface area contributed by atoms with E-state index in [4.69, 9.17) is 49.0 Å². The molecule has 1 unspecified atom stereocenters. The van der Waals surface area contributed by atoms with Crippen molar-refractivity contribution < 1.29 is 19.0 Å². The zero-order valence-corrected chi connectivity index (χ0v) is 24.0. The first-order valence-electron chi connectivity index (χ1n) is 12.5. The molecule has 1 aliphatic rings. The molecule has 1 aliphatic heterocycles. The first-order chi connectivity index (χ1) is 18.1. The molecule has 1 heterocycles. The monoisotopic (exact) mass is 575 g/mol. The third-order valence-corrected chi connectivity index (χ3v) is 7.41. The smallest absolute Gasteiger partial charge is 0.410 e. The van der Waals surface area contributed by atoms with Gasteiger partial charge in [0.15, 0.2) is 0 Å². The van der Waals surface area contributed by atoms with Crippen LogP contribution < -0.4 is 0 Å². The van der Waals surface area contributed by atoms with E-state index in [1.807, 2.05) is 81.4 Å². The maximum absolute atomic E-state index is 13.0. The van der Waals surface area contributed by atoms with Gasteiger partial charge in [-0.05, 0) is 61.7 Å². The summed E-state index contributed by atoms with van der Waals surface area (Å²) in [5, 5.41) is 1.56. The Bertz CT molecular complexity index is 1230. The molecule has 38 heavy (non-hydrogen) atoms. The minimum absolute atomic E-state index is 0.258. The number of hydrogen-bond donors (Lipinski definition) is 0. The quantitative estimate of drug-likeness (QED) is 0.284. The molecule has 4 rings (SSSR count). The fourth-order valence-electron chi connectivity index (χ4n) is 4.50. The Morgan fingerprint density at radius 2 is 1.63 bits per heavy atom. The van der Waals surface area contributed by atoms with Crippen molar-refractivity contribution in [2.24, 2.45) is 0 Å². The lowest BCUT2D eigenvalue weighted by atomic mass is 9.81. The molecule has 3 aromatic carbocycles. The SMILES string of the molecule is CC(C)(C)OC(=O)N1CC[C@](OCc2ccccc2)(c2ccc(Cl)cc2)C(OCc2ccc(Cl)c(Cl)c2)C1. The second-order valence-corrected chi connectivity index (χ2v) is 11.6. The van der Waals surface area contributed by atoms with Gasteiger partial charge in [0.05, 0.1) is 29.8 Å². The van der Waals surface area contributed by atoms with Crippen LogP contribution in [-0.2, 0) is 33.0 Å². The minimum Gasteiger partial charge on any atom is -0.444 e. The molecule has 1 saturated heterocycles. The fourth-order valence-corrected chi connectivity index (χ4v) is 4.95. The molecule has 3 aromatic rings. The third-order valence-electron chi connectivity index (χ3n) is 6.42. The molecule has 0 aromatic heterocycles. The van der Waals surface area contributed by atoms with Gasteiger partial charge in [0.2, 0.25) is 0 Å². The summed E-state index contributed by atoms with van der Waals surface area (Å²) in [7, 11) is 0. The largest absolute Gasteiger partial charge is 0.444 e. The lowest BCUT2D eigenvalue weighted by Gasteiger charge is -2.47. The van der Waals surface area contributed by atoms with Crippen LogP contribution in [0.2, 0.25) is 15.1 Å². The van der Waals surface area contributed by atoms with Crippen LogP contribution in [0.5, 0.6) is 0 Å². The van der Waals surface area contributed by atoms with Gasteiger partial charge in [0.25, 0.3) is 0 Å². The van der Waals surface area contributed by atoms with Gasteiger partial charge in [0, 0.05) is 18.0 Å². The average molecular weight is 577 g/mol. The Morgan fingerprint density at radius 3 is 2.29 bits per heavy atom. The molecule has 202 valence electrons.